The lowest BCUT2D eigenvalue weighted by Crippen LogP contribution is -2.23. The third-order valence-electron chi connectivity index (χ3n) is 2.30. The van der Waals surface area contributed by atoms with Gasteiger partial charge in [-0.3, -0.25) is 4.57 Å². The Labute approximate surface area is 98.2 Å². The largest absolute Gasteiger partial charge is 0.373 e. The zero-order valence-electron chi connectivity index (χ0n) is 11.0. The highest BCUT2D eigenvalue weighted by Crippen LogP contribution is 2.50. The Morgan fingerprint density at radius 2 is 1.88 bits per heavy atom. The monoisotopic (exact) mass is 250 g/mol. The summed E-state index contributed by atoms with van der Waals surface area (Å²) in [7, 11) is -3.01. The van der Waals surface area contributed by atoms with Crippen LogP contribution in [0.5, 0.6) is 0 Å². The molecule has 1 rings (SSSR count). The highest BCUT2D eigenvalue weighted by molar-refractivity contribution is 7.53. The minimum absolute atomic E-state index is 0.0214. The summed E-state index contributed by atoms with van der Waals surface area (Å²) in [5.74, 6) is 0. The van der Waals surface area contributed by atoms with Crippen molar-refractivity contribution in [2.45, 2.75) is 65.0 Å². The number of hydrogen-bond donors (Lipinski definition) is 0. The zero-order chi connectivity index (χ0) is 12.6. The molecule has 4 unspecified atom stereocenters. The van der Waals surface area contributed by atoms with Crippen molar-refractivity contribution >= 4 is 7.60 Å². The van der Waals surface area contributed by atoms with Crippen LogP contribution in [0.25, 0.3) is 0 Å². The van der Waals surface area contributed by atoms with Crippen molar-refractivity contribution < 1.29 is 18.3 Å². The molecular formula is C11H23O4P. The first-order chi connectivity index (χ1) is 7.09. The van der Waals surface area contributed by atoms with Gasteiger partial charge in [-0.1, -0.05) is 0 Å². The molecule has 1 aliphatic heterocycles. The maximum Gasteiger partial charge on any atom is 0.328 e. The standard InChI is InChI=1S/C11H23O4P/c1-8-7-10(9(2)13-8)14-16(6,12)15-11(3,4)5/h8-10H,7H2,1-6H3. The molecule has 1 fully saturated rings. The van der Waals surface area contributed by atoms with Crippen LogP contribution in [0.4, 0.5) is 0 Å². The first-order valence-corrected chi connectivity index (χ1v) is 7.70. The second-order valence-electron chi connectivity index (χ2n) is 5.51. The van der Waals surface area contributed by atoms with Gasteiger partial charge in [0.25, 0.3) is 0 Å². The van der Waals surface area contributed by atoms with Gasteiger partial charge in [0.05, 0.1) is 23.9 Å². The fraction of sp³-hybridized carbons (Fsp3) is 1.00. The molecule has 1 saturated heterocycles. The lowest BCUT2D eigenvalue weighted by atomic mass is 10.2. The maximum absolute atomic E-state index is 12.1. The predicted molar refractivity (Wildman–Crippen MR) is 63.9 cm³/mol. The Balaban J connectivity index is 2.56. The SMILES string of the molecule is CC1CC(OP(C)(=O)OC(C)(C)C)C(C)O1. The second kappa shape index (κ2) is 4.77. The van der Waals surface area contributed by atoms with Crippen LogP contribution in [0.1, 0.15) is 41.0 Å². The lowest BCUT2D eigenvalue weighted by Gasteiger charge is -2.27. The summed E-state index contributed by atoms with van der Waals surface area (Å²) in [4.78, 5) is 0. The molecule has 96 valence electrons. The molecule has 1 aliphatic rings. The summed E-state index contributed by atoms with van der Waals surface area (Å²) >= 11 is 0. The van der Waals surface area contributed by atoms with E-state index in [-0.39, 0.29) is 18.3 Å². The van der Waals surface area contributed by atoms with Crippen LogP contribution in [0, 0.1) is 0 Å². The van der Waals surface area contributed by atoms with E-state index >= 15 is 0 Å². The summed E-state index contributed by atoms with van der Waals surface area (Å²) in [6, 6.07) is 0. The molecule has 0 aromatic rings. The van der Waals surface area contributed by atoms with E-state index in [2.05, 4.69) is 0 Å². The average Bonchev–Trinajstić information content (AvgIpc) is 2.22. The quantitative estimate of drug-likeness (QED) is 0.721. The van der Waals surface area contributed by atoms with Crippen molar-refractivity contribution in [2.24, 2.45) is 0 Å². The van der Waals surface area contributed by atoms with E-state index in [0.717, 1.165) is 6.42 Å². The molecule has 0 aromatic heterocycles. The van der Waals surface area contributed by atoms with E-state index < -0.39 is 13.2 Å². The van der Waals surface area contributed by atoms with Crippen molar-refractivity contribution in [1.82, 2.24) is 0 Å². The average molecular weight is 250 g/mol. The van der Waals surface area contributed by atoms with Gasteiger partial charge in [0.15, 0.2) is 0 Å². The molecule has 0 radical (unpaired) electrons. The van der Waals surface area contributed by atoms with Crippen molar-refractivity contribution in [3.8, 4) is 0 Å². The molecule has 0 N–H and O–H groups in total. The Morgan fingerprint density at radius 3 is 2.25 bits per heavy atom. The van der Waals surface area contributed by atoms with Gasteiger partial charge in [0.2, 0.25) is 0 Å². The predicted octanol–water partition coefficient (Wildman–Crippen LogP) is 3.21. The van der Waals surface area contributed by atoms with Crippen molar-refractivity contribution in [1.29, 1.82) is 0 Å². The summed E-state index contributed by atoms with van der Waals surface area (Å²) < 4.78 is 28.7. The minimum Gasteiger partial charge on any atom is -0.373 e. The molecule has 0 bridgehead atoms. The topological polar surface area (TPSA) is 44.8 Å². The van der Waals surface area contributed by atoms with Gasteiger partial charge in [-0.25, -0.2) is 0 Å². The van der Waals surface area contributed by atoms with E-state index in [4.69, 9.17) is 13.8 Å². The molecule has 5 heteroatoms. The molecular weight excluding hydrogens is 227 g/mol. The second-order valence-corrected chi connectivity index (χ2v) is 7.44. The van der Waals surface area contributed by atoms with Crippen LogP contribution in [-0.4, -0.2) is 30.6 Å². The highest BCUT2D eigenvalue weighted by Gasteiger charge is 2.36. The lowest BCUT2D eigenvalue weighted by molar-refractivity contribution is 0.0220. The third kappa shape index (κ3) is 4.54. The van der Waals surface area contributed by atoms with Crippen molar-refractivity contribution in [2.75, 3.05) is 6.66 Å². The van der Waals surface area contributed by atoms with E-state index in [1.807, 2.05) is 34.6 Å². The van der Waals surface area contributed by atoms with Gasteiger partial charge in [-0.15, -0.1) is 0 Å². The molecule has 0 saturated carbocycles. The van der Waals surface area contributed by atoms with Crippen LogP contribution in [-0.2, 0) is 18.3 Å². The Kier molecular flexibility index (Phi) is 4.23. The van der Waals surface area contributed by atoms with Gasteiger partial charge in [0.1, 0.15) is 0 Å². The molecule has 0 amide bonds. The fourth-order valence-electron chi connectivity index (χ4n) is 1.92. The first-order valence-electron chi connectivity index (χ1n) is 5.71. The van der Waals surface area contributed by atoms with Gasteiger partial charge in [0, 0.05) is 13.1 Å². The van der Waals surface area contributed by atoms with Crippen LogP contribution < -0.4 is 0 Å². The molecule has 4 nitrogen and oxygen atoms in total. The molecule has 0 aliphatic carbocycles. The molecule has 4 atom stereocenters. The van der Waals surface area contributed by atoms with Crippen molar-refractivity contribution in [3.05, 3.63) is 0 Å². The zero-order valence-corrected chi connectivity index (χ0v) is 11.9. The summed E-state index contributed by atoms with van der Waals surface area (Å²) in [6.07, 6.45) is 0.779. The van der Waals surface area contributed by atoms with Gasteiger partial charge in [-0.2, -0.15) is 0 Å². The highest BCUT2D eigenvalue weighted by atomic mass is 31.2. The number of hydrogen-bond acceptors (Lipinski definition) is 4. The van der Waals surface area contributed by atoms with Crippen molar-refractivity contribution in [3.63, 3.8) is 0 Å². The number of rotatable bonds is 3. The van der Waals surface area contributed by atoms with E-state index in [9.17, 15) is 4.57 Å². The van der Waals surface area contributed by atoms with Crippen LogP contribution in [0.2, 0.25) is 0 Å². The van der Waals surface area contributed by atoms with Gasteiger partial charge >= 0.3 is 7.60 Å². The summed E-state index contributed by atoms with van der Waals surface area (Å²) in [5, 5.41) is 0. The molecule has 1 heterocycles. The summed E-state index contributed by atoms with van der Waals surface area (Å²) in [5.41, 5.74) is -0.460. The molecule has 0 spiro atoms. The van der Waals surface area contributed by atoms with Crippen LogP contribution in [0.3, 0.4) is 0 Å². The van der Waals surface area contributed by atoms with E-state index in [1.165, 1.54) is 6.66 Å². The first kappa shape index (κ1) is 14.2. The maximum atomic E-state index is 12.1. The molecule has 0 aromatic carbocycles. The van der Waals surface area contributed by atoms with Crippen LogP contribution >= 0.6 is 7.60 Å². The fourth-order valence-corrected chi connectivity index (χ4v) is 3.71. The third-order valence-corrected chi connectivity index (χ3v) is 3.83. The van der Waals surface area contributed by atoms with Gasteiger partial charge in [-0.05, 0) is 34.6 Å². The number of ether oxygens (including phenoxy) is 1. The minimum atomic E-state index is -3.01. The van der Waals surface area contributed by atoms with Crippen LogP contribution in [0.15, 0.2) is 0 Å². The normalized spacial score (nSPS) is 35.0. The van der Waals surface area contributed by atoms with Gasteiger partial charge < -0.3 is 13.8 Å². The smallest absolute Gasteiger partial charge is 0.328 e. The summed E-state index contributed by atoms with van der Waals surface area (Å²) in [6.45, 7) is 11.0. The van der Waals surface area contributed by atoms with E-state index in [1.54, 1.807) is 0 Å². The Bertz CT molecular complexity index is 284. The Hall–Kier alpha value is 0.110. The molecule has 16 heavy (non-hydrogen) atoms. The van der Waals surface area contributed by atoms with E-state index in [0.29, 0.717) is 0 Å². The Morgan fingerprint density at radius 1 is 1.31 bits per heavy atom.